The molecule has 2 fully saturated rings. The first-order valence-corrected chi connectivity index (χ1v) is 10.5. The van der Waals surface area contributed by atoms with E-state index in [0.29, 0.717) is 19.3 Å². The molecule has 0 radical (unpaired) electrons. The SMILES string of the molecule is CN=C(NCc1ccccc1OC1CCCC1)N1CCOC(c2cnn(C)c2)C1. The Morgan fingerprint density at radius 3 is 2.90 bits per heavy atom. The zero-order valence-corrected chi connectivity index (χ0v) is 17.4. The quantitative estimate of drug-likeness (QED) is 0.621. The Morgan fingerprint density at radius 2 is 2.14 bits per heavy atom. The topological polar surface area (TPSA) is 63.9 Å². The number of guanidine groups is 1. The summed E-state index contributed by atoms with van der Waals surface area (Å²) in [4.78, 5) is 6.76. The van der Waals surface area contributed by atoms with Gasteiger partial charge in [0.1, 0.15) is 11.9 Å². The molecule has 29 heavy (non-hydrogen) atoms. The van der Waals surface area contributed by atoms with Crippen molar-refractivity contribution in [3.63, 3.8) is 0 Å². The fourth-order valence-corrected chi connectivity index (χ4v) is 4.11. The van der Waals surface area contributed by atoms with Crippen molar-refractivity contribution in [1.82, 2.24) is 20.0 Å². The van der Waals surface area contributed by atoms with Crippen molar-refractivity contribution in [2.24, 2.45) is 12.0 Å². The first kappa shape index (κ1) is 19.8. The van der Waals surface area contributed by atoms with Crippen LogP contribution in [-0.4, -0.2) is 53.5 Å². The highest BCUT2D eigenvalue weighted by Gasteiger charge is 2.25. The molecule has 0 bridgehead atoms. The highest BCUT2D eigenvalue weighted by Crippen LogP contribution is 2.27. The van der Waals surface area contributed by atoms with E-state index in [-0.39, 0.29) is 6.10 Å². The van der Waals surface area contributed by atoms with Crippen LogP contribution >= 0.6 is 0 Å². The number of nitrogens with zero attached hydrogens (tertiary/aromatic N) is 4. The van der Waals surface area contributed by atoms with E-state index in [4.69, 9.17) is 9.47 Å². The van der Waals surface area contributed by atoms with Gasteiger partial charge in [-0.05, 0) is 31.7 Å². The molecule has 7 heteroatoms. The van der Waals surface area contributed by atoms with Gasteiger partial charge < -0.3 is 19.7 Å². The van der Waals surface area contributed by atoms with Crippen LogP contribution in [0.15, 0.2) is 41.7 Å². The number of morpholine rings is 1. The standard InChI is InChI=1S/C22H31N5O2/c1-23-22(27-11-12-28-21(16-27)18-14-25-26(2)15-18)24-13-17-7-3-6-10-20(17)29-19-8-4-5-9-19/h3,6-7,10,14-15,19,21H,4-5,8-9,11-13,16H2,1-2H3,(H,23,24). The lowest BCUT2D eigenvalue weighted by atomic mass is 10.1. The van der Waals surface area contributed by atoms with Crippen molar-refractivity contribution >= 4 is 5.96 Å². The fourth-order valence-electron chi connectivity index (χ4n) is 4.11. The molecule has 0 spiro atoms. The number of ether oxygens (including phenoxy) is 2. The number of para-hydroxylation sites is 1. The van der Waals surface area contributed by atoms with Gasteiger partial charge in [0.15, 0.2) is 5.96 Å². The third kappa shape index (κ3) is 4.90. The van der Waals surface area contributed by atoms with Crippen LogP contribution in [0.5, 0.6) is 5.75 Å². The van der Waals surface area contributed by atoms with Crippen LogP contribution in [0.3, 0.4) is 0 Å². The molecule has 1 aromatic heterocycles. The van der Waals surface area contributed by atoms with Crippen LogP contribution < -0.4 is 10.1 Å². The van der Waals surface area contributed by atoms with Gasteiger partial charge in [0, 0.05) is 44.5 Å². The Balaban J connectivity index is 1.38. The van der Waals surface area contributed by atoms with Crippen molar-refractivity contribution in [2.75, 3.05) is 26.7 Å². The summed E-state index contributed by atoms with van der Waals surface area (Å²) >= 11 is 0. The summed E-state index contributed by atoms with van der Waals surface area (Å²) < 4.78 is 14.0. The molecule has 0 amide bonds. The van der Waals surface area contributed by atoms with Gasteiger partial charge in [-0.25, -0.2) is 0 Å². The van der Waals surface area contributed by atoms with Crippen LogP contribution in [0.2, 0.25) is 0 Å². The van der Waals surface area contributed by atoms with Gasteiger partial charge in [0.25, 0.3) is 0 Å². The summed E-state index contributed by atoms with van der Waals surface area (Å²) in [5, 5.41) is 7.79. The maximum Gasteiger partial charge on any atom is 0.194 e. The molecule has 1 N–H and O–H groups in total. The summed E-state index contributed by atoms with van der Waals surface area (Å²) in [5.74, 6) is 1.87. The highest BCUT2D eigenvalue weighted by atomic mass is 16.5. The molecule has 2 aromatic rings. The number of benzene rings is 1. The molecule has 2 aliphatic rings. The molecule has 1 unspecified atom stereocenters. The molecule has 4 rings (SSSR count). The van der Waals surface area contributed by atoms with Crippen LogP contribution in [-0.2, 0) is 18.3 Å². The summed E-state index contributed by atoms with van der Waals surface area (Å²) in [5.41, 5.74) is 2.26. The van der Waals surface area contributed by atoms with Crippen LogP contribution in [0, 0.1) is 0 Å². The monoisotopic (exact) mass is 397 g/mol. The van der Waals surface area contributed by atoms with Crippen molar-refractivity contribution < 1.29 is 9.47 Å². The minimum absolute atomic E-state index is 0.00832. The Bertz CT molecular complexity index is 828. The molecular formula is C22H31N5O2. The van der Waals surface area contributed by atoms with E-state index in [1.54, 1.807) is 0 Å². The van der Waals surface area contributed by atoms with E-state index in [2.05, 4.69) is 38.5 Å². The Morgan fingerprint density at radius 1 is 1.31 bits per heavy atom. The zero-order chi connectivity index (χ0) is 20.1. The predicted molar refractivity (Wildman–Crippen MR) is 113 cm³/mol. The molecule has 156 valence electrons. The third-order valence-corrected chi connectivity index (χ3v) is 5.68. The van der Waals surface area contributed by atoms with E-state index < -0.39 is 0 Å². The number of aliphatic imine (C=N–C) groups is 1. The van der Waals surface area contributed by atoms with Crippen LogP contribution in [0.4, 0.5) is 0 Å². The number of hydrogen-bond donors (Lipinski definition) is 1. The normalized spacial score (nSPS) is 20.8. The number of nitrogens with one attached hydrogen (secondary N) is 1. The smallest absolute Gasteiger partial charge is 0.194 e. The van der Waals surface area contributed by atoms with Gasteiger partial charge in [-0.3, -0.25) is 9.67 Å². The molecular weight excluding hydrogens is 366 g/mol. The number of rotatable bonds is 5. The van der Waals surface area contributed by atoms with Crippen molar-refractivity contribution in [2.45, 2.75) is 44.4 Å². The van der Waals surface area contributed by atoms with E-state index in [1.807, 2.05) is 37.2 Å². The highest BCUT2D eigenvalue weighted by molar-refractivity contribution is 5.80. The van der Waals surface area contributed by atoms with Crippen molar-refractivity contribution in [1.29, 1.82) is 0 Å². The lowest BCUT2D eigenvalue weighted by Gasteiger charge is -2.34. The number of hydrogen-bond acceptors (Lipinski definition) is 4. The van der Waals surface area contributed by atoms with Crippen LogP contribution in [0.25, 0.3) is 0 Å². The number of aromatic nitrogens is 2. The Hall–Kier alpha value is -2.54. The molecule has 1 aliphatic heterocycles. The molecule has 1 atom stereocenters. The zero-order valence-electron chi connectivity index (χ0n) is 17.4. The van der Waals surface area contributed by atoms with Gasteiger partial charge in [0.2, 0.25) is 0 Å². The predicted octanol–water partition coefficient (Wildman–Crippen LogP) is 2.89. The van der Waals surface area contributed by atoms with Crippen LogP contribution in [0.1, 0.15) is 42.9 Å². The number of aryl methyl sites for hydroxylation is 1. The maximum absolute atomic E-state index is 6.27. The van der Waals surface area contributed by atoms with E-state index >= 15 is 0 Å². The average molecular weight is 398 g/mol. The molecule has 1 saturated carbocycles. The van der Waals surface area contributed by atoms with Gasteiger partial charge in [-0.15, -0.1) is 0 Å². The summed E-state index contributed by atoms with van der Waals surface area (Å²) in [6.45, 7) is 2.92. The van der Waals surface area contributed by atoms with Gasteiger partial charge in [0.05, 0.1) is 25.5 Å². The van der Waals surface area contributed by atoms with Gasteiger partial charge >= 0.3 is 0 Å². The Kier molecular flexibility index (Phi) is 6.34. The first-order chi connectivity index (χ1) is 14.2. The fraction of sp³-hybridized carbons (Fsp3) is 0.545. The molecule has 2 heterocycles. The summed E-state index contributed by atoms with van der Waals surface area (Å²) in [6, 6.07) is 8.31. The molecule has 1 saturated heterocycles. The Labute approximate surface area is 172 Å². The summed E-state index contributed by atoms with van der Waals surface area (Å²) in [6.07, 6.45) is 9.12. The lowest BCUT2D eigenvalue weighted by Crippen LogP contribution is -2.47. The molecule has 1 aliphatic carbocycles. The first-order valence-electron chi connectivity index (χ1n) is 10.5. The molecule has 7 nitrogen and oxygen atoms in total. The minimum atomic E-state index is 0.00832. The second kappa shape index (κ2) is 9.31. The van der Waals surface area contributed by atoms with E-state index in [1.165, 1.54) is 12.8 Å². The van der Waals surface area contributed by atoms with E-state index in [9.17, 15) is 0 Å². The van der Waals surface area contributed by atoms with Gasteiger partial charge in [-0.1, -0.05) is 18.2 Å². The van der Waals surface area contributed by atoms with E-state index in [0.717, 1.165) is 48.8 Å². The van der Waals surface area contributed by atoms with Crippen molar-refractivity contribution in [3.05, 3.63) is 47.8 Å². The second-order valence-corrected chi connectivity index (χ2v) is 7.79. The maximum atomic E-state index is 6.27. The van der Waals surface area contributed by atoms with Gasteiger partial charge in [-0.2, -0.15) is 5.10 Å². The largest absolute Gasteiger partial charge is 0.490 e. The minimum Gasteiger partial charge on any atom is -0.490 e. The lowest BCUT2D eigenvalue weighted by molar-refractivity contribution is -0.00805. The summed E-state index contributed by atoms with van der Waals surface area (Å²) in [7, 11) is 3.76. The average Bonchev–Trinajstić information content (AvgIpc) is 3.42. The third-order valence-electron chi connectivity index (χ3n) is 5.68. The second-order valence-electron chi connectivity index (χ2n) is 7.79. The molecule has 1 aromatic carbocycles. The van der Waals surface area contributed by atoms with Crippen molar-refractivity contribution in [3.8, 4) is 5.75 Å².